The van der Waals surface area contributed by atoms with Crippen LogP contribution in [-0.2, 0) is 0 Å². The lowest BCUT2D eigenvalue weighted by atomic mass is 10.2. The Morgan fingerprint density at radius 3 is 2.40 bits per heavy atom. The van der Waals surface area contributed by atoms with E-state index in [0.717, 1.165) is 5.56 Å². The number of aromatic nitrogens is 3. The quantitative estimate of drug-likeness (QED) is 0.709. The van der Waals surface area contributed by atoms with Crippen molar-refractivity contribution in [2.24, 2.45) is 10.2 Å². The van der Waals surface area contributed by atoms with Gasteiger partial charge in [0.2, 0.25) is 0 Å². The fourth-order valence-electron chi connectivity index (χ4n) is 1.64. The highest BCUT2D eigenvalue weighted by Crippen LogP contribution is 2.20. The number of aromatic hydroxyl groups is 1. The molecule has 1 aromatic heterocycles. The number of hydrogen-bond acceptors (Lipinski definition) is 5. The summed E-state index contributed by atoms with van der Waals surface area (Å²) in [6, 6.07) is 16.1. The van der Waals surface area contributed by atoms with Gasteiger partial charge in [-0.3, -0.25) is 5.10 Å². The first-order valence-electron chi connectivity index (χ1n) is 6.00. The molecule has 6 nitrogen and oxygen atoms in total. The third-order valence-electron chi connectivity index (χ3n) is 2.63. The molecule has 0 unspecified atom stereocenters. The summed E-state index contributed by atoms with van der Waals surface area (Å²) in [6.07, 6.45) is 0. The van der Waals surface area contributed by atoms with Crippen molar-refractivity contribution in [1.82, 2.24) is 15.2 Å². The molecule has 0 aliphatic carbocycles. The first-order chi connectivity index (χ1) is 9.81. The summed E-state index contributed by atoms with van der Waals surface area (Å²) in [5, 5.41) is 23.9. The predicted molar refractivity (Wildman–Crippen MR) is 74.1 cm³/mol. The summed E-state index contributed by atoms with van der Waals surface area (Å²) in [5.74, 6) is 1.09. The maximum Gasteiger partial charge on any atom is 0.287 e. The average Bonchev–Trinajstić information content (AvgIpc) is 2.97. The number of nitrogens with zero attached hydrogens (tertiary/aromatic N) is 4. The Bertz CT molecular complexity index is 719. The van der Waals surface area contributed by atoms with Crippen molar-refractivity contribution in [1.29, 1.82) is 0 Å². The van der Waals surface area contributed by atoms with Crippen LogP contribution in [0, 0.1) is 0 Å². The second-order valence-corrected chi connectivity index (χ2v) is 4.07. The molecule has 20 heavy (non-hydrogen) atoms. The molecule has 2 N–H and O–H groups in total. The van der Waals surface area contributed by atoms with Crippen LogP contribution < -0.4 is 0 Å². The standard InChI is InChI=1S/C14H11N5O/c20-12-8-6-11(7-9-12)16-18-14-15-13(17-19-14)10-4-2-1-3-5-10/h1-9,20H,(H,15,17,19). The van der Waals surface area contributed by atoms with Gasteiger partial charge in [0.25, 0.3) is 5.95 Å². The van der Waals surface area contributed by atoms with Crippen molar-refractivity contribution in [3.05, 3.63) is 54.6 Å². The minimum absolute atomic E-state index is 0.188. The highest BCUT2D eigenvalue weighted by atomic mass is 16.3. The van der Waals surface area contributed by atoms with Crippen LogP contribution in [0.2, 0.25) is 0 Å². The van der Waals surface area contributed by atoms with Gasteiger partial charge in [0.1, 0.15) is 5.75 Å². The lowest BCUT2D eigenvalue weighted by Crippen LogP contribution is -1.78. The molecule has 0 fully saturated rings. The van der Waals surface area contributed by atoms with Gasteiger partial charge in [0, 0.05) is 5.56 Å². The molecule has 0 spiro atoms. The summed E-state index contributed by atoms with van der Waals surface area (Å²) < 4.78 is 0. The Morgan fingerprint density at radius 1 is 0.900 bits per heavy atom. The first-order valence-corrected chi connectivity index (χ1v) is 6.00. The number of azo groups is 1. The Kier molecular flexibility index (Phi) is 3.20. The molecule has 0 bridgehead atoms. The zero-order valence-electron chi connectivity index (χ0n) is 10.4. The Balaban J connectivity index is 1.79. The van der Waals surface area contributed by atoms with Crippen LogP contribution in [0.4, 0.5) is 11.6 Å². The molecule has 0 aliphatic rings. The molecular weight excluding hydrogens is 254 g/mol. The van der Waals surface area contributed by atoms with Gasteiger partial charge in [0.15, 0.2) is 5.82 Å². The molecule has 1 heterocycles. The topological polar surface area (TPSA) is 86.5 Å². The molecule has 0 atom stereocenters. The van der Waals surface area contributed by atoms with E-state index >= 15 is 0 Å². The minimum Gasteiger partial charge on any atom is -0.508 e. The summed E-state index contributed by atoms with van der Waals surface area (Å²) in [4.78, 5) is 4.24. The summed E-state index contributed by atoms with van der Waals surface area (Å²) in [6.45, 7) is 0. The van der Waals surface area contributed by atoms with E-state index in [4.69, 9.17) is 5.11 Å². The van der Waals surface area contributed by atoms with Crippen molar-refractivity contribution >= 4 is 11.6 Å². The summed E-state index contributed by atoms with van der Waals surface area (Å²) in [7, 11) is 0. The van der Waals surface area contributed by atoms with E-state index in [9.17, 15) is 0 Å². The second-order valence-electron chi connectivity index (χ2n) is 4.07. The molecule has 0 aliphatic heterocycles. The number of aromatic amines is 1. The molecule has 3 rings (SSSR count). The third-order valence-corrected chi connectivity index (χ3v) is 2.63. The van der Waals surface area contributed by atoms with E-state index in [0.29, 0.717) is 11.5 Å². The Hall–Kier alpha value is -3.02. The maximum absolute atomic E-state index is 9.17. The van der Waals surface area contributed by atoms with Crippen molar-refractivity contribution < 1.29 is 5.11 Å². The number of benzene rings is 2. The van der Waals surface area contributed by atoms with Crippen molar-refractivity contribution in [2.45, 2.75) is 0 Å². The Labute approximate surface area is 114 Å². The smallest absolute Gasteiger partial charge is 0.287 e. The molecule has 2 aromatic carbocycles. The second kappa shape index (κ2) is 5.31. The van der Waals surface area contributed by atoms with Gasteiger partial charge in [-0.15, -0.1) is 15.3 Å². The van der Waals surface area contributed by atoms with Crippen LogP contribution in [0.3, 0.4) is 0 Å². The number of phenolic OH excluding ortho intramolecular Hbond substituents is 1. The molecule has 0 saturated carbocycles. The molecule has 0 amide bonds. The predicted octanol–water partition coefficient (Wildman–Crippen LogP) is 3.59. The minimum atomic E-state index is 0.188. The maximum atomic E-state index is 9.17. The molecular formula is C14H11N5O. The zero-order chi connectivity index (χ0) is 13.8. The summed E-state index contributed by atoms with van der Waals surface area (Å²) in [5.41, 5.74) is 1.56. The van der Waals surface area contributed by atoms with Gasteiger partial charge in [-0.05, 0) is 24.3 Å². The number of H-pyrrole nitrogens is 1. The van der Waals surface area contributed by atoms with E-state index in [1.807, 2.05) is 30.3 Å². The lowest BCUT2D eigenvalue weighted by molar-refractivity contribution is 0.475. The van der Waals surface area contributed by atoms with Crippen LogP contribution >= 0.6 is 0 Å². The van der Waals surface area contributed by atoms with Crippen molar-refractivity contribution in [2.75, 3.05) is 0 Å². The number of rotatable bonds is 3. The van der Waals surface area contributed by atoms with Crippen LogP contribution in [0.1, 0.15) is 0 Å². The van der Waals surface area contributed by atoms with Crippen LogP contribution in [0.15, 0.2) is 64.8 Å². The van der Waals surface area contributed by atoms with Crippen LogP contribution in [-0.4, -0.2) is 20.3 Å². The monoisotopic (exact) mass is 265 g/mol. The Morgan fingerprint density at radius 2 is 1.65 bits per heavy atom. The summed E-state index contributed by atoms with van der Waals surface area (Å²) >= 11 is 0. The molecule has 0 saturated heterocycles. The molecule has 6 heteroatoms. The van der Waals surface area contributed by atoms with Gasteiger partial charge in [-0.2, -0.15) is 4.98 Å². The van der Waals surface area contributed by atoms with E-state index in [1.54, 1.807) is 24.3 Å². The highest BCUT2D eigenvalue weighted by Gasteiger charge is 2.03. The molecule has 0 radical (unpaired) electrons. The van der Waals surface area contributed by atoms with Gasteiger partial charge >= 0.3 is 0 Å². The third kappa shape index (κ3) is 2.69. The van der Waals surface area contributed by atoms with E-state index in [1.165, 1.54) is 0 Å². The molecule has 98 valence electrons. The normalized spacial score (nSPS) is 11.0. The van der Waals surface area contributed by atoms with E-state index in [-0.39, 0.29) is 11.7 Å². The zero-order valence-corrected chi connectivity index (χ0v) is 10.4. The fourth-order valence-corrected chi connectivity index (χ4v) is 1.64. The SMILES string of the molecule is Oc1ccc(N=Nc2n[nH]c(-c3ccccc3)n2)cc1. The van der Waals surface area contributed by atoms with Crippen LogP contribution in [0.25, 0.3) is 11.4 Å². The molecule has 3 aromatic rings. The fraction of sp³-hybridized carbons (Fsp3) is 0. The van der Waals surface area contributed by atoms with Gasteiger partial charge in [-0.1, -0.05) is 30.3 Å². The highest BCUT2D eigenvalue weighted by molar-refractivity contribution is 5.55. The largest absolute Gasteiger partial charge is 0.508 e. The lowest BCUT2D eigenvalue weighted by Gasteiger charge is -1.92. The number of nitrogens with one attached hydrogen (secondary N) is 1. The van der Waals surface area contributed by atoms with Crippen LogP contribution in [0.5, 0.6) is 5.75 Å². The van der Waals surface area contributed by atoms with Crippen molar-refractivity contribution in [3.8, 4) is 17.1 Å². The van der Waals surface area contributed by atoms with Crippen molar-refractivity contribution in [3.63, 3.8) is 0 Å². The first kappa shape index (κ1) is 12.0. The van der Waals surface area contributed by atoms with Gasteiger partial charge in [-0.25, -0.2) is 0 Å². The number of hydrogen-bond donors (Lipinski definition) is 2. The average molecular weight is 265 g/mol. The van der Waals surface area contributed by atoms with E-state index < -0.39 is 0 Å². The van der Waals surface area contributed by atoms with Gasteiger partial charge < -0.3 is 5.11 Å². The van der Waals surface area contributed by atoms with E-state index in [2.05, 4.69) is 25.4 Å². The van der Waals surface area contributed by atoms with Gasteiger partial charge in [0.05, 0.1) is 5.69 Å². The number of phenols is 1.